The SMILES string of the molecule is CCNC(=NCc1ccc(C)cc1OC1CCOC1)NCCc1ccccc1OC. The molecule has 0 aliphatic carbocycles. The highest BCUT2D eigenvalue weighted by Crippen LogP contribution is 2.24. The van der Waals surface area contributed by atoms with Crippen molar-refractivity contribution in [1.29, 1.82) is 0 Å². The van der Waals surface area contributed by atoms with E-state index < -0.39 is 0 Å². The maximum Gasteiger partial charge on any atom is 0.191 e. The lowest BCUT2D eigenvalue weighted by molar-refractivity contribution is 0.140. The van der Waals surface area contributed by atoms with Crippen molar-refractivity contribution in [2.24, 2.45) is 4.99 Å². The zero-order valence-electron chi connectivity index (χ0n) is 18.2. The number of ether oxygens (including phenoxy) is 3. The van der Waals surface area contributed by atoms with Crippen molar-refractivity contribution in [1.82, 2.24) is 10.6 Å². The van der Waals surface area contributed by atoms with E-state index in [-0.39, 0.29) is 6.10 Å². The van der Waals surface area contributed by atoms with E-state index in [1.165, 1.54) is 11.1 Å². The fourth-order valence-electron chi connectivity index (χ4n) is 3.42. The van der Waals surface area contributed by atoms with Crippen LogP contribution in [0.2, 0.25) is 0 Å². The summed E-state index contributed by atoms with van der Waals surface area (Å²) in [5.74, 6) is 2.61. The summed E-state index contributed by atoms with van der Waals surface area (Å²) in [5.41, 5.74) is 3.43. The third kappa shape index (κ3) is 6.39. The second-order valence-corrected chi connectivity index (χ2v) is 7.40. The van der Waals surface area contributed by atoms with Crippen molar-refractivity contribution in [2.45, 2.75) is 39.3 Å². The maximum atomic E-state index is 6.20. The molecular weight excluding hydrogens is 378 g/mol. The van der Waals surface area contributed by atoms with Crippen LogP contribution in [0.3, 0.4) is 0 Å². The van der Waals surface area contributed by atoms with Gasteiger partial charge in [-0.1, -0.05) is 30.3 Å². The van der Waals surface area contributed by atoms with Crippen molar-refractivity contribution in [3.8, 4) is 11.5 Å². The lowest BCUT2D eigenvalue weighted by Crippen LogP contribution is -2.38. The van der Waals surface area contributed by atoms with E-state index >= 15 is 0 Å². The van der Waals surface area contributed by atoms with Gasteiger partial charge in [0.25, 0.3) is 0 Å². The molecule has 1 fully saturated rings. The summed E-state index contributed by atoms with van der Waals surface area (Å²) in [4.78, 5) is 4.77. The number of benzene rings is 2. The monoisotopic (exact) mass is 411 g/mol. The molecule has 1 atom stereocenters. The Bertz CT molecular complexity index is 832. The van der Waals surface area contributed by atoms with E-state index in [1.807, 2.05) is 18.2 Å². The van der Waals surface area contributed by atoms with E-state index in [0.29, 0.717) is 13.2 Å². The number of methoxy groups -OCH3 is 1. The predicted molar refractivity (Wildman–Crippen MR) is 121 cm³/mol. The number of para-hydroxylation sites is 1. The number of nitrogens with one attached hydrogen (secondary N) is 2. The topological polar surface area (TPSA) is 64.1 Å². The van der Waals surface area contributed by atoms with Gasteiger partial charge in [0.15, 0.2) is 5.96 Å². The van der Waals surface area contributed by atoms with Gasteiger partial charge in [-0.15, -0.1) is 0 Å². The zero-order chi connectivity index (χ0) is 21.2. The molecule has 0 saturated carbocycles. The van der Waals surface area contributed by atoms with Crippen LogP contribution < -0.4 is 20.1 Å². The molecule has 162 valence electrons. The number of nitrogens with zero attached hydrogens (tertiary/aromatic N) is 1. The minimum Gasteiger partial charge on any atom is -0.496 e. The summed E-state index contributed by atoms with van der Waals surface area (Å²) >= 11 is 0. The highest BCUT2D eigenvalue weighted by atomic mass is 16.5. The van der Waals surface area contributed by atoms with Crippen LogP contribution in [0.25, 0.3) is 0 Å². The van der Waals surface area contributed by atoms with Gasteiger partial charge in [0.1, 0.15) is 17.6 Å². The molecule has 0 amide bonds. The molecule has 2 N–H and O–H groups in total. The Morgan fingerprint density at radius 1 is 1.13 bits per heavy atom. The molecule has 1 saturated heterocycles. The molecule has 1 heterocycles. The van der Waals surface area contributed by atoms with E-state index in [0.717, 1.165) is 55.6 Å². The summed E-state index contributed by atoms with van der Waals surface area (Å²) in [5, 5.41) is 6.74. The molecule has 1 aliphatic heterocycles. The average Bonchev–Trinajstić information content (AvgIpc) is 3.26. The predicted octanol–water partition coefficient (Wildman–Crippen LogP) is 3.47. The summed E-state index contributed by atoms with van der Waals surface area (Å²) in [7, 11) is 1.71. The van der Waals surface area contributed by atoms with Crippen molar-refractivity contribution < 1.29 is 14.2 Å². The number of hydrogen-bond donors (Lipinski definition) is 2. The Morgan fingerprint density at radius 2 is 2.00 bits per heavy atom. The number of aliphatic imine (C=N–C) groups is 1. The van der Waals surface area contributed by atoms with E-state index in [2.05, 4.69) is 48.7 Å². The van der Waals surface area contributed by atoms with Crippen LogP contribution in [0, 0.1) is 6.92 Å². The van der Waals surface area contributed by atoms with Crippen molar-refractivity contribution in [3.05, 3.63) is 59.2 Å². The quantitative estimate of drug-likeness (QED) is 0.489. The Kier molecular flexibility index (Phi) is 8.39. The first kappa shape index (κ1) is 22.0. The Labute approximate surface area is 179 Å². The minimum atomic E-state index is 0.127. The van der Waals surface area contributed by atoms with Gasteiger partial charge in [0, 0.05) is 25.1 Å². The first-order chi connectivity index (χ1) is 14.7. The largest absolute Gasteiger partial charge is 0.496 e. The van der Waals surface area contributed by atoms with Gasteiger partial charge in [-0.05, 0) is 43.5 Å². The lowest BCUT2D eigenvalue weighted by atomic mass is 10.1. The van der Waals surface area contributed by atoms with Gasteiger partial charge in [0.05, 0.1) is 26.9 Å². The third-order valence-corrected chi connectivity index (χ3v) is 5.04. The van der Waals surface area contributed by atoms with Crippen LogP contribution in [0.4, 0.5) is 0 Å². The molecule has 0 spiro atoms. The van der Waals surface area contributed by atoms with Crippen LogP contribution in [-0.2, 0) is 17.7 Å². The van der Waals surface area contributed by atoms with Crippen LogP contribution in [0.15, 0.2) is 47.5 Å². The van der Waals surface area contributed by atoms with Crippen molar-refractivity contribution in [2.75, 3.05) is 33.4 Å². The lowest BCUT2D eigenvalue weighted by Gasteiger charge is -2.16. The first-order valence-electron chi connectivity index (χ1n) is 10.7. The maximum absolute atomic E-state index is 6.20. The molecule has 3 rings (SSSR count). The first-order valence-corrected chi connectivity index (χ1v) is 10.7. The fraction of sp³-hybridized carbons (Fsp3) is 0.458. The van der Waals surface area contributed by atoms with Crippen molar-refractivity contribution >= 4 is 5.96 Å². The van der Waals surface area contributed by atoms with Gasteiger partial charge >= 0.3 is 0 Å². The summed E-state index contributed by atoms with van der Waals surface area (Å²) in [6, 6.07) is 14.4. The molecule has 1 aliphatic rings. The third-order valence-electron chi connectivity index (χ3n) is 5.04. The fourth-order valence-corrected chi connectivity index (χ4v) is 3.42. The second kappa shape index (κ2) is 11.5. The molecule has 0 radical (unpaired) electrons. The van der Waals surface area contributed by atoms with Gasteiger partial charge < -0.3 is 24.8 Å². The number of hydrogen-bond acceptors (Lipinski definition) is 4. The van der Waals surface area contributed by atoms with E-state index in [9.17, 15) is 0 Å². The van der Waals surface area contributed by atoms with Gasteiger partial charge in [0.2, 0.25) is 0 Å². The number of guanidine groups is 1. The summed E-state index contributed by atoms with van der Waals surface area (Å²) < 4.78 is 17.1. The molecule has 6 heteroatoms. The smallest absolute Gasteiger partial charge is 0.191 e. The zero-order valence-corrected chi connectivity index (χ0v) is 18.2. The van der Waals surface area contributed by atoms with Gasteiger partial charge in [-0.2, -0.15) is 0 Å². The van der Waals surface area contributed by atoms with Crippen LogP contribution >= 0.6 is 0 Å². The molecule has 30 heavy (non-hydrogen) atoms. The van der Waals surface area contributed by atoms with Gasteiger partial charge in [-0.3, -0.25) is 0 Å². The van der Waals surface area contributed by atoms with Crippen LogP contribution in [-0.4, -0.2) is 45.5 Å². The van der Waals surface area contributed by atoms with Crippen molar-refractivity contribution in [3.63, 3.8) is 0 Å². The number of rotatable bonds is 9. The highest BCUT2D eigenvalue weighted by molar-refractivity contribution is 5.79. The summed E-state index contributed by atoms with van der Waals surface area (Å²) in [6.45, 7) is 7.69. The Morgan fingerprint density at radius 3 is 2.77 bits per heavy atom. The average molecular weight is 412 g/mol. The standard InChI is InChI=1S/C24H33N3O3/c1-4-25-24(26-13-11-19-7-5-6-8-22(19)28-3)27-16-20-10-9-18(2)15-23(20)30-21-12-14-29-17-21/h5-10,15,21H,4,11-14,16-17H2,1-3H3,(H2,25,26,27). The van der Waals surface area contributed by atoms with E-state index in [1.54, 1.807) is 7.11 Å². The molecule has 6 nitrogen and oxygen atoms in total. The molecule has 2 aromatic carbocycles. The normalized spacial score (nSPS) is 16.4. The van der Waals surface area contributed by atoms with Gasteiger partial charge in [-0.25, -0.2) is 4.99 Å². The molecular formula is C24H33N3O3. The molecule has 2 aromatic rings. The molecule has 0 bridgehead atoms. The highest BCUT2D eigenvalue weighted by Gasteiger charge is 2.18. The molecule has 0 aromatic heterocycles. The molecule has 1 unspecified atom stereocenters. The number of aryl methyl sites for hydroxylation is 1. The van der Waals surface area contributed by atoms with Crippen LogP contribution in [0.5, 0.6) is 11.5 Å². The Hall–Kier alpha value is -2.73. The minimum absolute atomic E-state index is 0.127. The van der Waals surface area contributed by atoms with Crippen LogP contribution in [0.1, 0.15) is 30.0 Å². The Balaban J connectivity index is 1.62. The summed E-state index contributed by atoms with van der Waals surface area (Å²) in [6.07, 6.45) is 1.92. The second-order valence-electron chi connectivity index (χ2n) is 7.40. The van der Waals surface area contributed by atoms with E-state index in [4.69, 9.17) is 19.2 Å².